The quantitative estimate of drug-likeness (QED) is 0.821. The first-order valence-electron chi connectivity index (χ1n) is 8.55. The van der Waals surface area contributed by atoms with Crippen molar-refractivity contribution in [3.05, 3.63) is 39.8 Å². The van der Waals surface area contributed by atoms with E-state index in [1.165, 1.54) is 17.0 Å². The number of para-hydroxylation sites is 1. The predicted octanol–water partition coefficient (Wildman–Crippen LogP) is 2.77. The third-order valence-electron chi connectivity index (χ3n) is 4.22. The highest BCUT2D eigenvalue weighted by atomic mass is 32.1. The maximum Gasteiger partial charge on any atom is 0.284 e. The van der Waals surface area contributed by atoms with Crippen molar-refractivity contribution in [2.24, 2.45) is 0 Å². The van der Waals surface area contributed by atoms with Crippen LogP contribution in [0.25, 0.3) is 0 Å². The van der Waals surface area contributed by atoms with E-state index in [1.54, 1.807) is 4.90 Å². The molecule has 1 fully saturated rings. The number of benzene rings is 1. The first-order chi connectivity index (χ1) is 12.1. The molecule has 1 aromatic carbocycles. The number of ether oxygens (including phenoxy) is 1. The highest BCUT2D eigenvalue weighted by Gasteiger charge is 2.21. The lowest BCUT2D eigenvalue weighted by Crippen LogP contribution is -2.37. The van der Waals surface area contributed by atoms with Gasteiger partial charge in [0.25, 0.3) is 5.91 Å². The van der Waals surface area contributed by atoms with Crippen LogP contribution in [0.15, 0.2) is 24.3 Å². The summed E-state index contributed by atoms with van der Waals surface area (Å²) in [6.07, 6.45) is 0. The van der Waals surface area contributed by atoms with Crippen molar-refractivity contribution in [2.75, 3.05) is 38.3 Å². The van der Waals surface area contributed by atoms with Crippen LogP contribution in [-0.2, 0) is 11.3 Å². The van der Waals surface area contributed by atoms with Gasteiger partial charge in [-0.2, -0.15) is 0 Å². The molecule has 0 bridgehead atoms. The molecule has 0 spiro atoms. The Balaban J connectivity index is 1.73. The van der Waals surface area contributed by atoms with Gasteiger partial charge >= 0.3 is 0 Å². The predicted molar refractivity (Wildman–Crippen MR) is 99.3 cm³/mol. The summed E-state index contributed by atoms with van der Waals surface area (Å²) in [5, 5.41) is 9.53. The van der Waals surface area contributed by atoms with E-state index in [-0.39, 0.29) is 11.8 Å². The molecule has 1 aromatic heterocycles. The zero-order valence-corrected chi connectivity index (χ0v) is 15.8. The molecule has 25 heavy (non-hydrogen) atoms. The van der Waals surface area contributed by atoms with Gasteiger partial charge in [-0.05, 0) is 11.6 Å². The molecular formula is C18H24N4O2S. The number of anilines is 1. The molecule has 0 radical (unpaired) electrons. The van der Waals surface area contributed by atoms with Crippen LogP contribution in [0, 0.1) is 0 Å². The molecule has 7 heteroatoms. The Hall–Kier alpha value is -1.99. The maximum absolute atomic E-state index is 12.7. The van der Waals surface area contributed by atoms with Gasteiger partial charge in [-0.3, -0.25) is 4.79 Å². The number of hydrogen-bond acceptors (Lipinski definition) is 6. The molecule has 2 heterocycles. The monoisotopic (exact) mass is 360 g/mol. The molecule has 0 atom stereocenters. The molecular weight excluding hydrogens is 336 g/mol. The van der Waals surface area contributed by atoms with E-state index in [1.807, 2.05) is 19.2 Å². The van der Waals surface area contributed by atoms with E-state index >= 15 is 0 Å². The smallest absolute Gasteiger partial charge is 0.284 e. The first kappa shape index (κ1) is 17.8. The second-order valence-corrected chi connectivity index (χ2v) is 7.50. The van der Waals surface area contributed by atoms with Crippen molar-refractivity contribution >= 4 is 22.9 Å². The number of aromatic nitrogens is 2. The van der Waals surface area contributed by atoms with Crippen molar-refractivity contribution in [3.63, 3.8) is 0 Å². The third-order valence-corrected chi connectivity index (χ3v) is 5.43. The van der Waals surface area contributed by atoms with E-state index < -0.39 is 0 Å². The standard InChI is InChI=1S/C18H24N4O2S/c1-13(2)16-19-20-17(25-16)18(23)21(3)12-14-6-4-5-7-15(14)22-8-10-24-11-9-22/h4-7,13H,8-12H2,1-3H3. The minimum absolute atomic E-state index is 0.0822. The molecule has 1 aliphatic rings. The van der Waals surface area contributed by atoms with Crippen LogP contribution < -0.4 is 4.90 Å². The summed E-state index contributed by atoms with van der Waals surface area (Å²) in [7, 11) is 1.81. The Morgan fingerprint density at radius 2 is 2.00 bits per heavy atom. The third kappa shape index (κ3) is 4.16. The summed E-state index contributed by atoms with van der Waals surface area (Å²) in [6, 6.07) is 8.24. The van der Waals surface area contributed by atoms with E-state index in [0.29, 0.717) is 11.6 Å². The fourth-order valence-electron chi connectivity index (χ4n) is 2.80. The van der Waals surface area contributed by atoms with Crippen molar-refractivity contribution in [1.82, 2.24) is 15.1 Å². The van der Waals surface area contributed by atoms with Gasteiger partial charge in [0.2, 0.25) is 5.01 Å². The lowest BCUT2D eigenvalue weighted by molar-refractivity contribution is 0.0783. The van der Waals surface area contributed by atoms with Crippen molar-refractivity contribution in [2.45, 2.75) is 26.3 Å². The zero-order chi connectivity index (χ0) is 17.8. The van der Waals surface area contributed by atoms with Crippen LogP contribution in [0.4, 0.5) is 5.69 Å². The van der Waals surface area contributed by atoms with Crippen molar-refractivity contribution in [1.29, 1.82) is 0 Å². The molecule has 0 unspecified atom stereocenters. The molecule has 0 N–H and O–H groups in total. The van der Waals surface area contributed by atoms with E-state index in [4.69, 9.17) is 4.74 Å². The second-order valence-electron chi connectivity index (χ2n) is 6.49. The number of rotatable bonds is 5. The molecule has 3 rings (SSSR count). The highest BCUT2D eigenvalue weighted by molar-refractivity contribution is 7.13. The van der Waals surface area contributed by atoms with Gasteiger partial charge in [0.15, 0.2) is 0 Å². The zero-order valence-electron chi connectivity index (χ0n) is 14.9. The molecule has 0 saturated carbocycles. The average molecular weight is 360 g/mol. The number of morpholine rings is 1. The van der Waals surface area contributed by atoms with Crippen LogP contribution >= 0.6 is 11.3 Å². The summed E-state index contributed by atoms with van der Waals surface area (Å²) in [4.78, 5) is 16.7. The van der Waals surface area contributed by atoms with Gasteiger partial charge in [0.1, 0.15) is 5.01 Å². The van der Waals surface area contributed by atoms with E-state index in [9.17, 15) is 4.79 Å². The Bertz CT molecular complexity index is 725. The van der Waals surface area contributed by atoms with Crippen LogP contribution in [0.3, 0.4) is 0 Å². The molecule has 0 aliphatic carbocycles. The number of hydrogen-bond donors (Lipinski definition) is 0. The number of carbonyl (C=O) groups excluding carboxylic acids is 1. The first-order valence-corrected chi connectivity index (χ1v) is 9.37. The minimum Gasteiger partial charge on any atom is -0.378 e. The van der Waals surface area contributed by atoms with Gasteiger partial charge in [0, 0.05) is 38.3 Å². The topological polar surface area (TPSA) is 58.6 Å². The molecule has 2 aromatic rings. The average Bonchev–Trinajstić information content (AvgIpc) is 3.12. The number of nitrogens with zero attached hydrogens (tertiary/aromatic N) is 4. The maximum atomic E-state index is 12.7. The summed E-state index contributed by atoms with van der Waals surface area (Å²) in [5.41, 5.74) is 2.31. The summed E-state index contributed by atoms with van der Waals surface area (Å²) in [5.74, 6) is 0.201. The highest BCUT2D eigenvalue weighted by Crippen LogP contribution is 2.24. The molecule has 1 aliphatic heterocycles. The van der Waals surface area contributed by atoms with Crippen molar-refractivity contribution in [3.8, 4) is 0 Å². The summed E-state index contributed by atoms with van der Waals surface area (Å²) >= 11 is 1.38. The van der Waals surface area contributed by atoms with Gasteiger partial charge < -0.3 is 14.5 Å². The van der Waals surface area contributed by atoms with Crippen LogP contribution in [0.5, 0.6) is 0 Å². The van der Waals surface area contributed by atoms with Gasteiger partial charge in [-0.15, -0.1) is 10.2 Å². The van der Waals surface area contributed by atoms with E-state index in [0.717, 1.165) is 36.9 Å². The Morgan fingerprint density at radius 3 is 2.68 bits per heavy atom. The Kier molecular flexibility index (Phi) is 5.65. The lowest BCUT2D eigenvalue weighted by atomic mass is 10.1. The molecule has 1 saturated heterocycles. The van der Waals surface area contributed by atoms with Crippen molar-refractivity contribution < 1.29 is 9.53 Å². The van der Waals surface area contributed by atoms with Crippen LogP contribution in [0.1, 0.15) is 40.1 Å². The Labute approximate surface area is 152 Å². The summed E-state index contributed by atoms with van der Waals surface area (Å²) < 4.78 is 5.44. The number of amides is 1. The molecule has 6 nitrogen and oxygen atoms in total. The van der Waals surface area contributed by atoms with Gasteiger partial charge in [-0.25, -0.2) is 0 Å². The largest absolute Gasteiger partial charge is 0.378 e. The van der Waals surface area contributed by atoms with E-state index in [2.05, 4.69) is 41.1 Å². The van der Waals surface area contributed by atoms with Gasteiger partial charge in [0.05, 0.1) is 13.2 Å². The van der Waals surface area contributed by atoms with Gasteiger partial charge in [-0.1, -0.05) is 43.4 Å². The number of carbonyl (C=O) groups is 1. The molecule has 1 amide bonds. The normalized spacial score (nSPS) is 14.8. The minimum atomic E-state index is -0.0822. The summed E-state index contributed by atoms with van der Waals surface area (Å²) in [6.45, 7) is 7.89. The lowest BCUT2D eigenvalue weighted by Gasteiger charge is -2.31. The molecule has 134 valence electrons. The fourth-order valence-corrected chi connectivity index (χ4v) is 3.64. The second kappa shape index (κ2) is 7.93. The van der Waals surface area contributed by atoms with Crippen LogP contribution in [0.2, 0.25) is 0 Å². The SMILES string of the molecule is CC(C)c1nnc(C(=O)N(C)Cc2ccccc2N2CCOCC2)s1. The Morgan fingerprint density at radius 1 is 1.28 bits per heavy atom. The van der Waals surface area contributed by atoms with Crippen LogP contribution in [-0.4, -0.2) is 54.4 Å². The fraction of sp³-hybridized carbons (Fsp3) is 0.500.